The van der Waals surface area contributed by atoms with Crippen molar-refractivity contribution in [2.24, 2.45) is 0 Å². The summed E-state index contributed by atoms with van der Waals surface area (Å²) < 4.78 is 16.9. The summed E-state index contributed by atoms with van der Waals surface area (Å²) in [6.07, 6.45) is 5.82. The topological polar surface area (TPSA) is 68.0 Å². The van der Waals surface area contributed by atoms with E-state index in [2.05, 4.69) is 32.5 Å². The van der Waals surface area contributed by atoms with E-state index in [1.165, 1.54) is 0 Å². The molecule has 0 amide bonds. The SMILES string of the molecule is CCCc1cc(-c2cc(F)c3cc(C4CCNCC4)nnc3c2)nn2cc(C)nc12. The number of fused-ring (bicyclic) bond motifs is 2. The quantitative estimate of drug-likeness (QED) is 0.552. The zero-order valence-electron chi connectivity index (χ0n) is 17.3. The normalized spacial score (nSPS) is 15.3. The minimum Gasteiger partial charge on any atom is -0.317 e. The molecule has 1 aliphatic heterocycles. The molecule has 154 valence electrons. The van der Waals surface area contributed by atoms with Crippen LogP contribution in [0.5, 0.6) is 0 Å². The highest BCUT2D eigenvalue weighted by molar-refractivity contribution is 5.84. The third-order valence-electron chi connectivity index (χ3n) is 5.87. The van der Waals surface area contributed by atoms with Gasteiger partial charge >= 0.3 is 0 Å². The van der Waals surface area contributed by atoms with Crippen molar-refractivity contribution < 1.29 is 4.39 Å². The molecular weight excluding hydrogens is 379 g/mol. The van der Waals surface area contributed by atoms with Gasteiger partial charge in [-0.2, -0.15) is 15.3 Å². The standard InChI is InChI=1S/C23H25FN6/c1-3-4-16-10-21(29-30-13-14(2)26-23(16)30)17-9-19(24)18-12-20(27-28-22(18)11-17)15-5-7-25-8-6-15/h9-13,15,25H,3-8H2,1-2H3. The minimum absolute atomic E-state index is 0.284. The molecule has 4 aromatic rings. The maximum atomic E-state index is 15.1. The molecule has 0 aliphatic carbocycles. The summed E-state index contributed by atoms with van der Waals surface area (Å²) in [6, 6.07) is 7.33. The molecule has 0 unspecified atom stereocenters. The van der Waals surface area contributed by atoms with Crippen LogP contribution in [0.3, 0.4) is 0 Å². The average Bonchev–Trinajstić information content (AvgIpc) is 3.15. The van der Waals surface area contributed by atoms with Crippen molar-refractivity contribution in [3.8, 4) is 11.3 Å². The summed E-state index contributed by atoms with van der Waals surface area (Å²) in [5.74, 6) is 0.0562. The Morgan fingerprint density at radius 2 is 1.97 bits per heavy atom. The van der Waals surface area contributed by atoms with E-state index in [9.17, 15) is 0 Å². The predicted octanol–water partition coefficient (Wildman–Crippen LogP) is 4.21. The number of hydrogen-bond acceptors (Lipinski definition) is 5. The molecule has 1 aliphatic rings. The van der Waals surface area contributed by atoms with Crippen LogP contribution in [0.2, 0.25) is 0 Å². The number of nitrogens with one attached hydrogen (secondary N) is 1. The minimum atomic E-state index is -0.284. The fourth-order valence-electron chi connectivity index (χ4n) is 4.33. The Bertz CT molecular complexity index is 1230. The predicted molar refractivity (Wildman–Crippen MR) is 115 cm³/mol. The van der Waals surface area contributed by atoms with Crippen LogP contribution in [0.4, 0.5) is 4.39 Å². The van der Waals surface area contributed by atoms with Gasteiger partial charge in [0.15, 0.2) is 5.65 Å². The molecule has 1 N–H and O–H groups in total. The van der Waals surface area contributed by atoms with Crippen molar-refractivity contribution in [1.82, 2.24) is 30.1 Å². The van der Waals surface area contributed by atoms with Gasteiger partial charge in [0.05, 0.1) is 28.8 Å². The summed E-state index contributed by atoms with van der Waals surface area (Å²) in [7, 11) is 0. The summed E-state index contributed by atoms with van der Waals surface area (Å²) in [6.45, 7) is 6.02. The van der Waals surface area contributed by atoms with E-state index in [0.717, 1.165) is 61.4 Å². The lowest BCUT2D eigenvalue weighted by Gasteiger charge is -2.21. The second kappa shape index (κ2) is 7.72. The van der Waals surface area contributed by atoms with Crippen LogP contribution >= 0.6 is 0 Å². The number of halogens is 1. The largest absolute Gasteiger partial charge is 0.317 e. The first-order chi connectivity index (χ1) is 14.6. The van der Waals surface area contributed by atoms with Gasteiger partial charge in [-0.15, -0.1) is 0 Å². The number of aromatic nitrogens is 5. The lowest BCUT2D eigenvalue weighted by Crippen LogP contribution is -2.27. The van der Waals surface area contributed by atoms with Gasteiger partial charge in [0.25, 0.3) is 0 Å². The molecule has 6 nitrogen and oxygen atoms in total. The molecule has 3 aromatic heterocycles. The Balaban J connectivity index is 1.59. The highest BCUT2D eigenvalue weighted by atomic mass is 19.1. The molecule has 7 heteroatoms. The number of rotatable bonds is 4. The Labute approximate surface area is 174 Å². The number of benzene rings is 1. The van der Waals surface area contributed by atoms with Crippen molar-refractivity contribution in [1.29, 1.82) is 0 Å². The Hall–Kier alpha value is -2.93. The second-order valence-electron chi connectivity index (χ2n) is 8.14. The molecule has 1 aromatic carbocycles. The van der Waals surface area contributed by atoms with Crippen LogP contribution in [-0.4, -0.2) is 37.9 Å². The van der Waals surface area contributed by atoms with Gasteiger partial charge in [0.2, 0.25) is 0 Å². The van der Waals surface area contributed by atoms with E-state index in [1.807, 2.05) is 31.3 Å². The van der Waals surface area contributed by atoms with Crippen LogP contribution in [0.15, 0.2) is 30.5 Å². The zero-order valence-corrected chi connectivity index (χ0v) is 17.3. The average molecular weight is 404 g/mol. The monoisotopic (exact) mass is 404 g/mol. The van der Waals surface area contributed by atoms with Crippen LogP contribution in [0.1, 0.15) is 49.1 Å². The second-order valence-corrected chi connectivity index (χ2v) is 8.14. The highest BCUT2D eigenvalue weighted by Gasteiger charge is 2.19. The van der Waals surface area contributed by atoms with Gasteiger partial charge in [-0.25, -0.2) is 13.9 Å². The third-order valence-corrected chi connectivity index (χ3v) is 5.87. The van der Waals surface area contributed by atoms with E-state index in [1.54, 1.807) is 10.6 Å². The maximum Gasteiger partial charge on any atom is 0.156 e. The molecule has 0 atom stereocenters. The zero-order chi connectivity index (χ0) is 20.7. The molecule has 4 heterocycles. The summed E-state index contributed by atoms with van der Waals surface area (Å²) in [4.78, 5) is 4.59. The Morgan fingerprint density at radius 3 is 2.77 bits per heavy atom. The van der Waals surface area contributed by atoms with E-state index in [-0.39, 0.29) is 5.82 Å². The molecule has 0 radical (unpaired) electrons. The number of hydrogen-bond donors (Lipinski definition) is 1. The lowest BCUT2D eigenvalue weighted by molar-refractivity contribution is 0.451. The maximum absolute atomic E-state index is 15.1. The molecule has 0 saturated carbocycles. The van der Waals surface area contributed by atoms with E-state index >= 15 is 4.39 Å². The van der Waals surface area contributed by atoms with Gasteiger partial charge in [-0.05, 0) is 69.1 Å². The first-order valence-electron chi connectivity index (χ1n) is 10.7. The van der Waals surface area contributed by atoms with E-state index < -0.39 is 0 Å². The van der Waals surface area contributed by atoms with E-state index in [0.29, 0.717) is 28.1 Å². The van der Waals surface area contributed by atoms with Crippen LogP contribution in [0, 0.1) is 12.7 Å². The number of imidazole rings is 1. The molecule has 1 saturated heterocycles. The fourth-order valence-corrected chi connectivity index (χ4v) is 4.33. The highest BCUT2D eigenvalue weighted by Crippen LogP contribution is 2.30. The molecule has 5 rings (SSSR count). The van der Waals surface area contributed by atoms with Gasteiger partial charge < -0.3 is 5.32 Å². The summed E-state index contributed by atoms with van der Waals surface area (Å²) >= 11 is 0. The number of aryl methyl sites for hydroxylation is 2. The first-order valence-corrected chi connectivity index (χ1v) is 10.7. The van der Waals surface area contributed by atoms with Gasteiger partial charge in [-0.1, -0.05) is 13.3 Å². The van der Waals surface area contributed by atoms with Gasteiger partial charge in [-0.3, -0.25) is 0 Å². The van der Waals surface area contributed by atoms with Crippen LogP contribution in [0.25, 0.3) is 27.8 Å². The third kappa shape index (κ3) is 3.43. The van der Waals surface area contributed by atoms with Crippen LogP contribution < -0.4 is 5.32 Å². The van der Waals surface area contributed by atoms with E-state index in [4.69, 9.17) is 0 Å². The smallest absolute Gasteiger partial charge is 0.156 e. The molecule has 1 fully saturated rings. The number of nitrogens with zero attached hydrogens (tertiary/aromatic N) is 5. The Morgan fingerprint density at radius 1 is 1.13 bits per heavy atom. The van der Waals surface area contributed by atoms with Crippen molar-refractivity contribution in [3.63, 3.8) is 0 Å². The first kappa shape index (κ1) is 19.1. The van der Waals surface area contributed by atoms with Gasteiger partial charge in [0.1, 0.15) is 5.82 Å². The summed E-state index contributed by atoms with van der Waals surface area (Å²) in [5, 5.41) is 17.4. The van der Waals surface area contributed by atoms with Crippen LogP contribution in [-0.2, 0) is 6.42 Å². The van der Waals surface area contributed by atoms with Crippen molar-refractivity contribution >= 4 is 16.6 Å². The molecular formula is C23H25FN6. The van der Waals surface area contributed by atoms with Crippen molar-refractivity contribution in [3.05, 3.63) is 53.2 Å². The molecule has 30 heavy (non-hydrogen) atoms. The van der Waals surface area contributed by atoms with Crippen molar-refractivity contribution in [2.45, 2.75) is 45.4 Å². The molecule has 0 bridgehead atoms. The van der Waals surface area contributed by atoms with Gasteiger partial charge in [0, 0.05) is 16.9 Å². The fraction of sp³-hybridized carbons (Fsp3) is 0.391. The Kier molecular flexibility index (Phi) is 4.90. The van der Waals surface area contributed by atoms with Crippen molar-refractivity contribution in [2.75, 3.05) is 13.1 Å². The molecule has 0 spiro atoms. The number of piperidine rings is 1. The summed E-state index contributed by atoms with van der Waals surface area (Å²) in [5.41, 5.74) is 5.76. The lowest BCUT2D eigenvalue weighted by atomic mass is 9.93.